The van der Waals surface area contributed by atoms with Gasteiger partial charge in [-0.2, -0.15) is 5.10 Å². The maximum Gasteiger partial charge on any atom is 0.266 e. The molecular formula is C25H20N4O2S. The van der Waals surface area contributed by atoms with Crippen LogP contribution in [-0.2, 0) is 4.79 Å². The number of rotatable bonds is 7. The number of thioether (sulfide) groups is 1. The van der Waals surface area contributed by atoms with Gasteiger partial charge in [-0.05, 0) is 35.9 Å². The van der Waals surface area contributed by atoms with Crippen LogP contribution in [0.4, 0.5) is 0 Å². The van der Waals surface area contributed by atoms with Crippen LogP contribution in [0.25, 0.3) is 22.7 Å². The van der Waals surface area contributed by atoms with Crippen molar-refractivity contribution in [3.8, 4) is 5.69 Å². The highest BCUT2D eigenvalue weighted by Gasteiger charge is 2.14. The van der Waals surface area contributed by atoms with Crippen LogP contribution in [0.1, 0.15) is 5.56 Å². The number of hydrazone groups is 1. The summed E-state index contributed by atoms with van der Waals surface area (Å²) in [6, 6.07) is 26.3. The molecule has 0 saturated carbocycles. The molecule has 3 aromatic carbocycles. The van der Waals surface area contributed by atoms with Gasteiger partial charge in [0.1, 0.15) is 0 Å². The van der Waals surface area contributed by atoms with E-state index in [4.69, 9.17) is 0 Å². The number of allylic oxidation sites excluding steroid dienone is 1. The number of aromatic nitrogens is 2. The molecule has 0 aliphatic heterocycles. The average molecular weight is 441 g/mol. The van der Waals surface area contributed by atoms with E-state index in [1.165, 1.54) is 22.5 Å². The summed E-state index contributed by atoms with van der Waals surface area (Å²) in [5, 5.41) is 4.91. The highest BCUT2D eigenvalue weighted by atomic mass is 32.2. The maximum absolute atomic E-state index is 13.1. The fourth-order valence-electron chi connectivity index (χ4n) is 3.05. The Kier molecular flexibility index (Phi) is 6.89. The molecule has 0 bridgehead atoms. The van der Waals surface area contributed by atoms with Crippen molar-refractivity contribution >= 4 is 40.9 Å². The molecule has 1 aromatic heterocycles. The van der Waals surface area contributed by atoms with Gasteiger partial charge in [-0.25, -0.2) is 10.4 Å². The normalized spacial score (nSPS) is 11.4. The number of carbonyl (C=O) groups is 1. The van der Waals surface area contributed by atoms with Crippen LogP contribution in [-0.4, -0.2) is 27.4 Å². The zero-order valence-corrected chi connectivity index (χ0v) is 17.9. The quantitative estimate of drug-likeness (QED) is 0.201. The zero-order valence-electron chi connectivity index (χ0n) is 17.1. The van der Waals surface area contributed by atoms with Crippen molar-refractivity contribution in [3.05, 3.63) is 107 Å². The lowest BCUT2D eigenvalue weighted by molar-refractivity contribution is -0.118. The number of hydrogen-bond donors (Lipinski definition) is 1. The maximum atomic E-state index is 13.1. The van der Waals surface area contributed by atoms with E-state index < -0.39 is 0 Å². The van der Waals surface area contributed by atoms with Gasteiger partial charge < -0.3 is 0 Å². The fraction of sp³-hybridized carbons (Fsp3) is 0.0400. The Morgan fingerprint density at radius 1 is 0.969 bits per heavy atom. The summed E-state index contributed by atoms with van der Waals surface area (Å²) < 4.78 is 1.53. The summed E-state index contributed by atoms with van der Waals surface area (Å²) in [7, 11) is 0. The van der Waals surface area contributed by atoms with Crippen LogP contribution in [0.5, 0.6) is 0 Å². The van der Waals surface area contributed by atoms with Gasteiger partial charge >= 0.3 is 0 Å². The van der Waals surface area contributed by atoms with E-state index in [2.05, 4.69) is 15.5 Å². The van der Waals surface area contributed by atoms with Gasteiger partial charge in [0.25, 0.3) is 11.5 Å². The number of nitrogens with zero attached hydrogens (tertiary/aromatic N) is 3. The second-order valence-corrected chi connectivity index (χ2v) is 7.70. The van der Waals surface area contributed by atoms with E-state index in [0.29, 0.717) is 21.7 Å². The molecule has 4 rings (SSSR count). The van der Waals surface area contributed by atoms with Gasteiger partial charge in [0.15, 0.2) is 5.16 Å². The SMILES string of the molecule is O=C(CSc1nc2ccccc2c(=O)n1-c1ccccc1)N/N=C\C=C\c1ccccc1. The van der Waals surface area contributed by atoms with E-state index in [1.54, 1.807) is 18.2 Å². The van der Waals surface area contributed by atoms with Gasteiger partial charge in [0, 0.05) is 6.21 Å². The Morgan fingerprint density at radius 2 is 1.66 bits per heavy atom. The summed E-state index contributed by atoms with van der Waals surface area (Å²) in [4.78, 5) is 30.0. The minimum Gasteiger partial charge on any atom is -0.272 e. The van der Waals surface area contributed by atoms with Crippen molar-refractivity contribution in [3.63, 3.8) is 0 Å². The molecule has 0 fully saturated rings. The molecule has 6 nitrogen and oxygen atoms in total. The molecule has 1 heterocycles. The van der Waals surface area contributed by atoms with E-state index >= 15 is 0 Å². The van der Waals surface area contributed by atoms with E-state index in [9.17, 15) is 9.59 Å². The van der Waals surface area contributed by atoms with Crippen molar-refractivity contribution < 1.29 is 4.79 Å². The number of hydrogen-bond acceptors (Lipinski definition) is 5. The first kappa shape index (κ1) is 21.3. The highest BCUT2D eigenvalue weighted by Crippen LogP contribution is 2.21. The van der Waals surface area contributed by atoms with Crippen molar-refractivity contribution in [2.45, 2.75) is 5.16 Å². The zero-order chi connectivity index (χ0) is 22.2. The molecule has 0 aliphatic carbocycles. The highest BCUT2D eigenvalue weighted by molar-refractivity contribution is 7.99. The topological polar surface area (TPSA) is 76.3 Å². The lowest BCUT2D eigenvalue weighted by Crippen LogP contribution is -2.24. The van der Waals surface area contributed by atoms with Crippen molar-refractivity contribution in [2.75, 3.05) is 5.75 Å². The third-order valence-corrected chi connectivity index (χ3v) is 5.47. The molecular weight excluding hydrogens is 420 g/mol. The summed E-state index contributed by atoms with van der Waals surface area (Å²) in [6.45, 7) is 0. The monoisotopic (exact) mass is 440 g/mol. The molecule has 0 aliphatic rings. The minimum atomic E-state index is -0.290. The Balaban J connectivity index is 1.48. The Labute approximate surface area is 189 Å². The van der Waals surface area contributed by atoms with Crippen LogP contribution in [0, 0.1) is 0 Å². The predicted molar refractivity (Wildman–Crippen MR) is 130 cm³/mol. The minimum absolute atomic E-state index is 0.0668. The fourth-order valence-corrected chi connectivity index (χ4v) is 3.85. The summed E-state index contributed by atoms with van der Waals surface area (Å²) >= 11 is 1.19. The molecule has 1 amide bonds. The number of amides is 1. The molecule has 0 unspecified atom stereocenters. The van der Waals surface area contributed by atoms with E-state index in [1.807, 2.05) is 78.9 Å². The van der Waals surface area contributed by atoms with Crippen molar-refractivity contribution in [2.24, 2.45) is 5.10 Å². The van der Waals surface area contributed by atoms with Gasteiger partial charge in [-0.15, -0.1) is 0 Å². The molecule has 7 heteroatoms. The Hall–Kier alpha value is -3.97. The molecule has 0 spiro atoms. The molecule has 0 atom stereocenters. The Bertz CT molecular complexity index is 1330. The predicted octanol–water partition coefficient (Wildman–Crippen LogP) is 4.29. The number of nitrogens with one attached hydrogen (secondary N) is 1. The molecule has 32 heavy (non-hydrogen) atoms. The first-order valence-electron chi connectivity index (χ1n) is 9.96. The molecule has 158 valence electrons. The number of para-hydroxylation sites is 2. The Morgan fingerprint density at radius 3 is 2.44 bits per heavy atom. The third kappa shape index (κ3) is 5.19. The average Bonchev–Trinajstić information content (AvgIpc) is 2.84. The largest absolute Gasteiger partial charge is 0.272 e. The number of carbonyl (C=O) groups excluding carboxylic acids is 1. The van der Waals surface area contributed by atoms with Gasteiger partial charge in [-0.3, -0.25) is 14.2 Å². The van der Waals surface area contributed by atoms with E-state index in [-0.39, 0.29) is 17.2 Å². The third-order valence-electron chi connectivity index (χ3n) is 4.53. The van der Waals surface area contributed by atoms with Gasteiger partial charge in [0.2, 0.25) is 0 Å². The first-order valence-corrected chi connectivity index (χ1v) is 10.9. The van der Waals surface area contributed by atoms with Crippen LogP contribution >= 0.6 is 11.8 Å². The molecule has 1 N–H and O–H groups in total. The molecule has 0 saturated heterocycles. The van der Waals surface area contributed by atoms with Crippen molar-refractivity contribution in [1.29, 1.82) is 0 Å². The van der Waals surface area contributed by atoms with Gasteiger partial charge in [-0.1, -0.05) is 78.5 Å². The van der Waals surface area contributed by atoms with Crippen LogP contribution in [0.15, 0.2) is 106 Å². The first-order chi connectivity index (χ1) is 15.7. The summed E-state index contributed by atoms with van der Waals surface area (Å²) in [5.74, 6) is -0.224. The molecule has 0 radical (unpaired) electrons. The second kappa shape index (κ2) is 10.4. The molecule has 4 aromatic rings. The van der Waals surface area contributed by atoms with Crippen LogP contribution < -0.4 is 11.0 Å². The lowest BCUT2D eigenvalue weighted by atomic mass is 10.2. The van der Waals surface area contributed by atoms with Crippen molar-refractivity contribution in [1.82, 2.24) is 15.0 Å². The van der Waals surface area contributed by atoms with E-state index in [0.717, 1.165) is 5.56 Å². The summed E-state index contributed by atoms with van der Waals surface area (Å²) in [5.41, 5.74) is 4.66. The van der Waals surface area contributed by atoms with Crippen LogP contribution in [0.3, 0.4) is 0 Å². The number of fused-ring (bicyclic) bond motifs is 1. The second-order valence-electron chi connectivity index (χ2n) is 6.76. The van der Waals surface area contributed by atoms with Gasteiger partial charge in [0.05, 0.1) is 22.3 Å². The standard InChI is InChI=1S/C25H20N4O2S/c30-23(28-26-17-9-12-19-10-3-1-4-11-19)18-32-25-27-22-16-8-7-15-21(22)24(31)29(25)20-13-5-2-6-14-20/h1-17H,18H2,(H,28,30)/b12-9+,26-17-. The number of benzene rings is 3. The van der Waals surface area contributed by atoms with Crippen LogP contribution in [0.2, 0.25) is 0 Å². The smallest absolute Gasteiger partial charge is 0.266 e. The lowest BCUT2D eigenvalue weighted by Gasteiger charge is -2.12. The summed E-state index contributed by atoms with van der Waals surface area (Å²) in [6.07, 6.45) is 5.16.